The molecule has 0 radical (unpaired) electrons. The molecule has 0 bridgehead atoms. The van der Waals surface area contributed by atoms with Gasteiger partial charge in [-0.25, -0.2) is 0 Å². The van der Waals surface area contributed by atoms with Crippen LogP contribution in [0.3, 0.4) is 0 Å². The molecule has 24 heavy (non-hydrogen) atoms. The van der Waals surface area contributed by atoms with E-state index in [1.165, 1.54) is 24.2 Å². The van der Waals surface area contributed by atoms with Gasteiger partial charge >= 0.3 is 0 Å². The lowest BCUT2D eigenvalue weighted by atomic mass is 9.91. The molecule has 1 aromatic carbocycles. The molecule has 0 spiro atoms. The van der Waals surface area contributed by atoms with E-state index in [-0.39, 0.29) is 24.4 Å². The van der Waals surface area contributed by atoms with Crippen LogP contribution >= 0.6 is 35.3 Å². The number of benzene rings is 1. The highest BCUT2D eigenvalue weighted by Crippen LogP contribution is 2.29. The van der Waals surface area contributed by atoms with Gasteiger partial charge in [0.1, 0.15) is 4.34 Å². The smallest absolute Gasteiger partial charge is 0.254 e. The van der Waals surface area contributed by atoms with Gasteiger partial charge in [0, 0.05) is 6.04 Å². The van der Waals surface area contributed by atoms with Gasteiger partial charge in [-0.15, -0.1) is 23.7 Å². The number of amides is 1. The van der Waals surface area contributed by atoms with Crippen LogP contribution in [-0.4, -0.2) is 30.4 Å². The molecule has 130 valence electrons. The molecule has 1 aliphatic rings. The predicted octanol–water partition coefficient (Wildman–Crippen LogP) is 4.78. The Morgan fingerprint density at radius 1 is 1.29 bits per heavy atom. The van der Waals surface area contributed by atoms with Gasteiger partial charge in [0.2, 0.25) is 0 Å². The molecule has 3 rings (SSSR count). The number of carbonyl (C=O) groups is 1. The summed E-state index contributed by atoms with van der Waals surface area (Å²) in [6.45, 7) is 1.07. The summed E-state index contributed by atoms with van der Waals surface area (Å²) in [5.41, 5.74) is 1.71. The number of carbonyl (C=O) groups excluding carboxylic acids is 1. The quantitative estimate of drug-likeness (QED) is 0.822. The Bertz CT molecular complexity index is 662. The van der Waals surface area contributed by atoms with Crippen molar-refractivity contribution in [3.05, 3.63) is 57.2 Å². The van der Waals surface area contributed by atoms with Crippen LogP contribution in [0.2, 0.25) is 4.34 Å². The fourth-order valence-electron chi connectivity index (χ4n) is 3.26. The minimum atomic E-state index is -0.0934. The van der Waals surface area contributed by atoms with Gasteiger partial charge in [-0.3, -0.25) is 4.79 Å². The van der Waals surface area contributed by atoms with Crippen molar-refractivity contribution in [3.8, 4) is 0 Å². The number of hydrogen-bond acceptors (Lipinski definition) is 3. The summed E-state index contributed by atoms with van der Waals surface area (Å²) in [4.78, 5) is 15.0. The highest BCUT2D eigenvalue weighted by Gasteiger charge is 2.30. The lowest BCUT2D eigenvalue weighted by Gasteiger charge is -2.38. The SMILES string of the molecule is CN1CCCC[C@H]1[C@@H](NC(=O)c1ccsc1Cl)c1ccccc1.Cl. The van der Waals surface area contributed by atoms with Crippen LogP contribution in [0.15, 0.2) is 41.8 Å². The van der Waals surface area contributed by atoms with E-state index in [4.69, 9.17) is 11.6 Å². The number of rotatable bonds is 4. The van der Waals surface area contributed by atoms with E-state index < -0.39 is 0 Å². The molecular weight excluding hydrogens is 363 g/mol. The van der Waals surface area contributed by atoms with Gasteiger partial charge < -0.3 is 10.2 Å². The Kier molecular flexibility index (Phi) is 7.11. The third-order valence-corrected chi connectivity index (χ3v) is 5.69. The summed E-state index contributed by atoms with van der Waals surface area (Å²) >= 11 is 7.51. The molecule has 0 unspecified atom stereocenters. The first-order chi connectivity index (χ1) is 11.2. The fraction of sp³-hybridized carbons (Fsp3) is 0.389. The summed E-state index contributed by atoms with van der Waals surface area (Å²) in [5, 5.41) is 5.07. The fourth-order valence-corrected chi connectivity index (χ4v) is 4.17. The average molecular weight is 385 g/mol. The van der Waals surface area contributed by atoms with Gasteiger partial charge in [-0.2, -0.15) is 0 Å². The zero-order valence-corrected chi connectivity index (χ0v) is 16.0. The van der Waals surface area contributed by atoms with E-state index in [2.05, 4.69) is 29.4 Å². The van der Waals surface area contributed by atoms with Crippen molar-refractivity contribution in [1.82, 2.24) is 10.2 Å². The molecule has 1 N–H and O–H groups in total. The predicted molar refractivity (Wildman–Crippen MR) is 103 cm³/mol. The van der Waals surface area contributed by atoms with Crippen LogP contribution in [0.5, 0.6) is 0 Å². The Morgan fingerprint density at radius 3 is 2.67 bits per heavy atom. The number of hydrogen-bond donors (Lipinski definition) is 1. The number of halogens is 2. The lowest BCUT2D eigenvalue weighted by Crippen LogP contribution is -2.47. The second-order valence-corrected chi connectivity index (χ2v) is 7.53. The number of piperidine rings is 1. The maximum atomic E-state index is 12.7. The Hall–Kier alpha value is -1.07. The topological polar surface area (TPSA) is 32.3 Å². The minimum absolute atomic E-state index is 0. The Balaban J connectivity index is 0.00000208. The lowest BCUT2D eigenvalue weighted by molar-refractivity contribution is 0.0871. The molecule has 1 amide bonds. The normalized spacial score (nSPS) is 19.3. The summed E-state index contributed by atoms with van der Waals surface area (Å²) in [7, 11) is 2.14. The van der Waals surface area contributed by atoms with E-state index in [0.717, 1.165) is 18.5 Å². The first kappa shape index (κ1) is 19.3. The average Bonchev–Trinajstić information content (AvgIpc) is 3.00. The number of likely N-dealkylation sites (tertiary alicyclic amines) is 1. The third-order valence-electron chi connectivity index (χ3n) is 4.52. The van der Waals surface area contributed by atoms with E-state index in [0.29, 0.717) is 15.9 Å². The Labute approximate surface area is 158 Å². The molecule has 2 aromatic rings. The van der Waals surface area contributed by atoms with Gasteiger partial charge in [-0.05, 0) is 43.4 Å². The molecule has 0 saturated carbocycles. The van der Waals surface area contributed by atoms with E-state index in [9.17, 15) is 4.79 Å². The molecule has 2 heterocycles. The molecule has 1 fully saturated rings. The van der Waals surface area contributed by atoms with Crippen molar-refractivity contribution in [2.75, 3.05) is 13.6 Å². The molecule has 1 saturated heterocycles. The molecule has 3 nitrogen and oxygen atoms in total. The molecule has 2 atom stereocenters. The van der Waals surface area contributed by atoms with Crippen molar-refractivity contribution >= 4 is 41.3 Å². The summed E-state index contributed by atoms with van der Waals surface area (Å²) in [6.07, 6.45) is 3.51. The van der Waals surface area contributed by atoms with Crippen LogP contribution in [0, 0.1) is 0 Å². The summed E-state index contributed by atoms with van der Waals surface area (Å²) < 4.78 is 0.548. The molecule has 6 heteroatoms. The van der Waals surface area contributed by atoms with Crippen molar-refractivity contribution in [2.24, 2.45) is 0 Å². The summed E-state index contributed by atoms with van der Waals surface area (Å²) in [5.74, 6) is -0.0934. The van der Waals surface area contributed by atoms with Gasteiger partial charge in [0.05, 0.1) is 11.6 Å². The molecule has 1 aromatic heterocycles. The molecule has 1 aliphatic heterocycles. The van der Waals surface area contributed by atoms with Gasteiger partial charge in [-0.1, -0.05) is 48.4 Å². The largest absolute Gasteiger partial charge is 0.344 e. The van der Waals surface area contributed by atoms with Crippen molar-refractivity contribution in [1.29, 1.82) is 0 Å². The standard InChI is InChI=1S/C18H21ClN2OS.ClH/c1-21-11-6-5-9-15(21)16(13-7-3-2-4-8-13)20-18(22)14-10-12-23-17(14)19;/h2-4,7-8,10,12,15-16H,5-6,9,11H2,1H3,(H,20,22);1H/t15-,16-;/m0./s1. The van der Waals surface area contributed by atoms with E-state index >= 15 is 0 Å². The second kappa shape index (κ2) is 8.86. The van der Waals surface area contributed by atoms with Crippen LogP contribution in [0.25, 0.3) is 0 Å². The zero-order valence-electron chi connectivity index (χ0n) is 13.6. The van der Waals surface area contributed by atoms with Gasteiger partial charge in [0.15, 0.2) is 0 Å². The summed E-state index contributed by atoms with van der Waals surface area (Å²) in [6, 6.07) is 12.3. The number of nitrogens with one attached hydrogen (secondary N) is 1. The highest BCUT2D eigenvalue weighted by molar-refractivity contribution is 7.14. The zero-order chi connectivity index (χ0) is 16.2. The van der Waals surface area contributed by atoms with E-state index in [1.807, 2.05) is 23.6 Å². The van der Waals surface area contributed by atoms with Crippen LogP contribution < -0.4 is 5.32 Å². The van der Waals surface area contributed by atoms with Crippen molar-refractivity contribution in [2.45, 2.75) is 31.3 Å². The van der Waals surface area contributed by atoms with Crippen LogP contribution in [0.4, 0.5) is 0 Å². The maximum Gasteiger partial charge on any atom is 0.254 e. The monoisotopic (exact) mass is 384 g/mol. The third kappa shape index (κ3) is 4.31. The molecule has 0 aliphatic carbocycles. The minimum Gasteiger partial charge on any atom is -0.344 e. The van der Waals surface area contributed by atoms with Crippen molar-refractivity contribution < 1.29 is 4.79 Å². The molecular formula is C18H22Cl2N2OS. The highest BCUT2D eigenvalue weighted by atomic mass is 35.5. The van der Waals surface area contributed by atoms with Crippen molar-refractivity contribution in [3.63, 3.8) is 0 Å². The maximum absolute atomic E-state index is 12.7. The Morgan fingerprint density at radius 2 is 2.04 bits per heavy atom. The van der Waals surface area contributed by atoms with Crippen LogP contribution in [-0.2, 0) is 0 Å². The van der Waals surface area contributed by atoms with Gasteiger partial charge in [0.25, 0.3) is 5.91 Å². The van der Waals surface area contributed by atoms with Crippen LogP contribution in [0.1, 0.15) is 41.2 Å². The number of likely N-dealkylation sites (N-methyl/N-ethyl adjacent to an activating group) is 1. The first-order valence-corrected chi connectivity index (χ1v) is 9.21. The van der Waals surface area contributed by atoms with E-state index in [1.54, 1.807) is 6.07 Å². The number of thiophene rings is 1. The second-order valence-electron chi connectivity index (χ2n) is 6.01. The number of nitrogens with zero attached hydrogens (tertiary/aromatic N) is 1. The first-order valence-electron chi connectivity index (χ1n) is 7.96.